The Hall–Kier alpha value is -5.77. The number of piperazine rings is 1. The van der Waals surface area contributed by atoms with Crippen molar-refractivity contribution in [3.8, 4) is 11.8 Å². The molecule has 1 aromatic heterocycles. The number of carbonyl (C=O) groups excluding carboxylic acids is 4. The molecule has 0 bridgehead atoms. The highest BCUT2D eigenvalue weighted by atomic mass is 35.5. The SMILES string of the molecule is C=C(C(=O)Nc1cc(Cl)cc(N[C@H]2CCC(=O)NC2=O)c1)N1CCN(CCOc2ccc(N3C(=S)N(c4cnc(C#N)c(C(F)(F)F)c4)C(=O)C3(C)C)cc2CC)CC1. The second-order valence-electron chi connectivity index (χ2n) is 14.6. The van der Waals surface area contributed by atoms with Crippen LogP contribution in [0, 0.1) is 11.3 Å². The fourth-order valence-electron chi connectivity index (χ4n) is 7.11. The zero-order valence-electron chi connectivity index (χ0n) is 32.4. The van der Waals surface area contributed by atoms with E-state index in [0.29, 0.717) is 91.8 Å². The summed E-state index contributed by atoms with van der Waals surface area (Å²) in [6, 6.07) is 11.8. The number of nitrogens with zero attached hydrogens (tertiary/aromatic N) is 6. The molecule has 19 heteroatoms. The average molecular weight is 852 g/mol. The van der Waals surface area contributed by atoms with Crippen molar-refractivity contribution in [1.29, 1.82) is 5.26 Å². The number of aromatic nitrogens is 1. The van der Waals surface area contributed by atoms with Crippen LogP contribution in [0.5, 0.6) is 5.75 Å². The molecule has 3 aromatic rings. The number of ether oxygens (including phenoxy) is 1. The molecule has 2 aromatic carbocycles. The lowest BCUT2D eigenvalue weighted by atomic mass is 10.0. The van der Waals surface area contributed by atoms with E-state index in [1.54, 1.807) is 49.1 Å². The van der Waals surface area contributed by atoms with E-state index in [2.05, 4.69) is 32.4 Å². The van der Waals surface area contributed by atoms with Gasteiger partial charge in [0.2, 0.25) is 11.8 Å². The zero-order valence-corrected chi connectivity index (χ0v) is 34.0. The molecule has 4 amide bonds. The predicted octanol–water partition coefficient (Wildman–Crippen LogP) is 5.47. The van der Waals surface area contributed by atoms with Crippen LogP contribution in [0.2, 0.25) is 5.02 Å². The Balaban J connectivity index is 1.02. The van der Waals surface area contributed by atoms with Crippen molar-refractivity contribution < 1.29 is 37.1 Å². The average Bonchev–Trinajstić information content (AvgIpc) is 3.36. The van der Waals surface area contributed by atoms with Crippen LogP contribution in [-0.2, 0) is 31.8 Å². The van der Waals surface area contributed by atoms with Crippen molar-refractivity contribution >= 4 is 75.3 Å². The lowest BCUT2D eigenvalue weighted by Crippen LogP contribution is -2.48. The van der Waals surface area contributed by atoms with E-state index in [-0.39, 0.29) is 23.1 Å². The van der Waals surface area contributed by atoms with Crippen LogP contribution in [0.15, 0.2) is 60.9 Å². The third-order valence-corrected chi connectivity index (χ3v) is 10.9. The number of hydrogen-bond acceptors (Lipinski definition) is 11. The van der Waals surface area contributed by atoms with E-state index < -0.39 is 46.7 Å². The van der Waals surface area contributed by atoms with E-state index in [1.807, 2.05) is 17.9 Å². The number of imide groups is 1. The summed E-state index contributed by atoms with van der Waals surface area (Å²) in [6.07, 6.45) is -2.71. The number of nitriles is 1. The van der Waals surface area contributed by atoms with E-state index in [4.69, 9.17) is 28.6 Å². The number of halogens is 4. The summed E-state index contributed by atoms with van der Waals surface area (Å²) in [5.41, 5.74) is -0.917. The Bertz CT molecular complexity index is 2260. The Morgan fingerprint density at radius 3 is 2.47 bits per heavy atom. The third-order valence-electron chi connectivity index (χ3n) is 10.3. The minimum atomic E-state index is -4.87. The molecule has 59 heavy (non-hydrogen) atoms. The number of benzene rings is 2. The summed E-state index contributed by atoms with van der Waals surface area (Å²) >= 11 is 12.0. The molecule has 3 aliphatic heterocycles. The van der Waals surface area contributed by atoms with Gasteiger partial charge in [-0.15, -0.1) is 0 Å². The maximum atomic E-state index is 13.7. The third kappa shape index (κ3) is 9.27. The van der Waals surface area contributed by atoms with Gasteiger partial charge < -0.3 is 25.2 Å². The molecule has 0 radical (unpaired) electrons. The van der Waals surface area contributed by atoms with Crippen LogP contribution in [0.3, 0.4) is 0 Å². The Morgan fingerprint density at radius 1 is 1.10 bits per heavy atom. The van der Waals surface area contributed by atoms with E-state index in [1.165, 1.54) is 6.07 Å². The number of pyridine rings is 1. The van der Waals surface area contributed by atoms with Gasteiger partial charge in [0.15, 0.2) is 10.8 Å². The summed E-state index contributed by atoms with van der Waals surface area (Å²) in [5, 5.41) is 17.7. The molecule has 0 aliphatic carbocycles. The van der Waals surface area contributed by atoms with Gasteiger partial charge in [0.1, 0.15) is 30.0 Å². The Kier molecular flexibility index (Phi) is 12.5. The summed E-state index contributed by atoms with van der Waals surface area (Å²) in [6.45, 7) is 12.6. The van der Waals surface area contributed by atoms with Crippen molar-refractivity contribution in [2.45, 2.75) is 57.8 Å². The number of nitrogens with one attached hydrogen (secondary N) is 3. The smallest absolute Gasteiger partial charge is 0.419 e. The normalized spacial score (nSPS) is 18.4. The van der Waals surface area contributed by atoms with Crippen molar-refractivity contribution in [2.75, 3.05) is 59.8 Å². The number of rotatable bonds is 12. The highest BCUT2D eigenvalue weighted by Crippen LogP contribution is 2.40. The molecule has 3 saturated heterocycles. The predicted molar refractivity (Wildman–Crippen MR) is 219 cm³/mol. The van der Waals surface area contributed by atoms with Gasteiger partial charge in [-0.1, -0.05) is 25.1 Å². The quantitative estimate of drug-likeness (QED) is 0.120. The summed E-state index contributed by atoms with van der Waals surface area (Å²) < 4.78 is 47.4. The molecule has 310 valence electrons. The maximum Gasteiger partial charge on any atom is 0.419 e. The second-order valence-corrected chi connectivity index (χ2v) is 15.4. The first kappa shape index (κ1) is 42.8. The molecule has 3 N–H and O–H groups in total. The topological polar surface area (TPSA) is 163 Å². The van der Waals surface area contributed by atoms with Gasteiger partial charge in [-0.25, -0.2) is 4.98 Å². The van der Waals surface area contributed by atoms with Gasteiger partial charge in [0, 0.05) is 61.2 Å². The Labute approximate surface area is 348 Å². The van der Waals surface area contributed by atoms with E-state index in [9.17, 15) is 37.6 Å². The van der Waals surface area contributed by atoms with Gasteiger partial charge in [0.25, 0.3) is 11.8 Å². The molecule has 6 rings (SSSR count). The highest BCUT2D eigenvalue weighted by Gasteiger charge is 2.51. The standard InChI is InChI=1S/C40H41ClF3N9O5S/c1-5-24-16-28(53-38(59)52(37(57)39(53,3)4)29-20-30(40(42,43)44)32(21-45)46-22-29)6-8-33(24)58-15-14-50-10-12-51(13-11-50)23(2)35(55)48-27-18-25(41)17-26(19-27)47-31-7-9-34(54)49-36(31)56/h6,8,16-20,22,31,47H,2,5,7,9-15H2,1,3-4H3,(H,48,55)(H,49,54,56)/t31-/m0/s1. The molecule has 0 unspecified atom stereocenters. The number of anilines is 4. The largest absolute Gasteiger partial charge is 0.492 e. The molecular formula is C40H41ClF3N9O5S. The molecule has 3 aliphatic rings. The second kappa shape index (κ2) is 17.2. The van der Waals surface area contributed by atoms with Gasteiger partial charge in [-0.2, -0.15) is 18.4 Å². The molecule has 0 saturated carbocycles. The van der Waals surface area contributed by atoms with Crippen LogP contribution in [0.25, 0.3) is 0 Å². The minimum Gasteiger partial charge on any atom is -0.492 e. The monoisotopic (exact) mass is 851 g/mol. The number of carbonyl (C=O) groups is 4. The number of aryl methyl sites for hydroxylation is 1. The van der Waals surface area contributed by atoms with Crippen LogP contribution < -0.4 is 30.5 Å². The van der Waals surface area contributed by atoms with Crippen LogP contribution >= 0.6 is 23.8 Å². The van der Waals surface area contributed by atoms with E-state index in [0.717, 1.165) is 16.7 Å². The molecule has 4 heterocycles. The molecular weight excluding hydrogens is 811 g/mol. The number of alkyl halides is 3. The van der Waals surface area contributed by atoms with E-state index >= 15 is 0 Å². The van der Waals surface area contributed by atoms with Gasteiger partial charge >= 0.3 is 6.18 Å². The lowest BCUT2D eigenvalue weighted by molar-refractivity contribution is -0.138. The molecule has 0 spiro atoms. The summed E-state index contributed by atoms with van der Waals surface area (Å²) in [4.78, 5) is 60.9. The van der Waals surface area contributed by atoms with Gasteiger partial charge in [-0.3, -0.25) is 34.3 Å². The maximum absolute atomic E-state index is 13.7. The lowest BCUT2D eigenvalue weighted by Gasteiger charge is -2.36. The first-order valence-electron chi connectivity index (χ1n) is 18.7. The number of thiocarbonyl (C=S) groups is 1. The zero-order chi connectivity index (χ0) is 42.8. The fourth-order valence-corrected chi connectivity index (χ4v) is 7.87. The highest BCUT2D eigenvalue weighted by molar-refractivity contribution is 7.81. The Morgan fingerprint density at radius 2 is 1.81 bits per heavy atom. The van der Waals surface area contributed by atoms with Gasteiger partial charge in [-0.05, 0) is 86.9 Å². The van der Waals surface area contributed by atoms with Gasteiger partial charge in [0.05, 0.1) is 23.1 Å². The van der Waals surface area contributed by atoms with Crippen LogP contribution in [0.1, 0.15) is 50.4 Å². The number of piperidine rings is 1. The van der Waals surface area contributed by atoms with Crippen molar-refractivity contribution in [3.63, 3.8) is 0 Å². The molecule has 14 nitrogen and oxygen atoms in total. The molecule has 3 fully saturated rings. The summed E-state index contributed by atoms with van der Waals surface area (Å²) in [5.74, 6) is -1.07. The van der Waals surface area contributed by atoms with Crippen molar-refractivity contribution in [3.05, 3.63) is 82.8 Å². The van der Waals surface area contributed by atoms with Crippen molar-refractivity contribution in [1.82, 2.24) is 20.1 Å². The molecule has 1 atom stereocenters. The first-order chi connectivity index (χ1) is 27.9. The number of amides is 4. The van der Waals surface area contributed by atoms with Crippen LogP contribution in [-0.4, -0.2) is 94.4 Å². The summed E-state index contributed by atoms with van der Waals surface area (Å²) in [7, 11) is 0. The number of hydrogen-bond donors (Lipinski definition) is 3. The minimum absolute atomic E-state index is 0.0346. The van der Waals surface area contributed by atoms with Crippen molar-refractivity contribution in [2.24, 2.45) is 0 Å². The fraction of sp³-hybridized carbons (Fsp3) is 0.375. The van der Waals surface area contributed by atoms with Crippen LogP contribution in [0.4, 0.5) is 35.9 Å². The first-order valence-corrected chi connectivity index (χ1v) is 19.5.